The summed E-state index contributed by atoms with van der Waals surface area (Å²) in [4.78, 5) is 30.9. The fourth-order valence-corrected chi connectivity index (χ4v) is 3.59. The predicted octanol–water partition coefficient (Wildman–Crippen LogP) is 1.20. The average Bonchev–Trinajstić information content (AvgIpc) is 3.27. The van der Waals surface area contributed by atoms with Crippen molar-refractivity contribution in [2.45, 2.75) is 38.0 Å². The monoisotopic (exact) mass is 365 g/mol. The normalized spacial score (nSPS) is 22.4. The van der Waals surface area contributed by atoms with Crippen molar-refractivity contribution in [3.8, 4) is 0 Å². The van der Waals surface area contributed by atoms with E-state index in [2.05, 4.69) is 10.1 Å². The Morgan fingerprint density at radius 3 is 2.88 bits per heavy atom. The van der Waals surface area contributed by atoms with Crippen LogP contribution in [0.5, 0.6) is 0 Å². The number of carbonyl (C=O) groups is 1. The van der Waals surface area contributed by atoms with Gasteiger partial charge < -0.3 is 4.90 Å². The summed E-state index contributed by atoms with van der Waals surface area (Å²) in [7, 11) is 0. The highest BCUT2D eigenvalue weighted by atomic mass is 35.5. The third-order valence-electron chi connectivity index (χ3n) is 4.74. The van der Waals surface area contributed by atoms with E-state index in [1.807, 2.05) is 0 Å². The molecule has 9 heteroatoms. The molecule has 0 radical (unpaired) electrons. The summed E-state index contributed by atoms with van der Waals surface area (Å²) in [6.45, 7) is 0.787. The number of hydrogen-bond donors (Lipinski definition) is 0. The lowest BCUT2D eigenvalue weighted by Crippen LogP contribution is -2.38. The molecule has 1 fully saturated rings. The van der Waals surface area contributed by atoms with Crippen molar-refractivity contribution in [3.63, 3.8) is 0 Å². The van der Waals surface area contributed by atoms with Crippen LogP contribution in [0.4, 0.5) is 4.39 Å². The van der Waals surface area contributed by atoms with E-state index in [9.17, 15) is 14.0 Å². The standard InChI is InChI=1S/C16H17ClFN5O2/c17-13-3-1-10(7-19-13)8-22-16(25)23-12(2-4-14(23)20-22)15(24)21-6-5-11(18)9-21/h1,3,7,11-12H,2,4-6,8-9H2/t11-,12+/m0/s1. The average molecular weight is 366 g/mol. The largest absolute Gasteiger partial charge is 0.346 e. The van der Waals surface area contributed by atoms with Crippen LogP contribution in [-0.2, 0) is 17.8 Å². The number of pyridine rings is 1. The molecule has 1 saturated heterocycles. The van der Waals surface area contributed by atoms with E-state index in [4.69, 9.17) is 11.6 Å². The smallest absolute Gasteiger partial charge is 0.338 e. The van der Waals surface area contributed by atoms with Crippen molar-refractivity contribution < 1.29 is 9.18 Å². The van der Waals surface area contributed by atoms with Crippen molar-refractivity contribution in [1.29, 1.82) is 0 Å². The highest BCUT2D eigenvalue weighted by Crippen LogP contribution is 2.26. The molecule has 25 heavy (non-hydrogen) atoms. The molecular weight excluding hydrogens is 349 g/mol. The van der Waals surface area contributed by atoms with Crippen LogP contribution in [0.15, 0.2) is 23.1 Å². The summed E-state index contributed by atoms with van der Waals surface area (Å²) in [6.07, 6.45) is 2.08. The summed E-state index contributed by atoms with van der Waals surface area (Å²) in [5.41, 5.74) is 0.475. The maximum absolute atomic E-state index is 13.4. The SMILES string of the molecule is O=C([C@H]1CCc2nn(Cc3ccc(Cl)nc3)c(=O)n21)N1CC[C@H](F)C1. The number of rotatable bonds is 3. The van der Waals surface area contributed by atoms with Crippen LogP contribution >= 0.6 is 11.6 Å². The highest BCUT2D eigenvalue weighted by molar-refractivity contribution is 6.29. The number of halogens is 2. The van der Waals surface area contributed by atoms with Crippen molar-refractivity contribution >= 4 is 17.5 Å². The molecule has 4 rings (SSSR count). The number of carbonyl (C=O) groups excluding carboxylic acids is 1. The molecule has 0 spiro atoms. The first-order chi connectivity index (χ1) is 12.0. The fraction of sp³-hybridized carbons (Fsp3) is 0.500. The zero-order chi connectivity index (χ0) is 17.6. The van der Waals surface area contributed by atoms with Crippen LogP contribution in [0.3, 0.4) is 0 Å². The van der Waals surface area contributed by atoms with Crippen LogP contribution in [0.1, 0.15) is 30.3 Å². The second-order valence-electron chi connectivity index (χ2n) is 6.44. The minimum atomic E-state index is -0.971. The Morgan fingerprint density at radius 1 is 1.36 bits per heavy atom. The van der Waals surface area contributed by atoms with Crippen molar-refractivity contribution in [2.24, 2.45) is 0 Å². The number of amides is 1. The van der Waals surface area contributed by atoms with Crippen molar-refractivity contribution in [2.75, 3.05) is 13.1 Å². The topological polar surface area (TPSA) is 73.0 Å². The molecule has 0 aromatic carbocycles. The van der Waals surface area contributed by atoms with Gasteiger partial charge in [0.15, 0.2) is 0 Å². The van der Waals surface area contributed by atoms with E-state index >= 15 is 0 Å². The lowest BCUT2D eigenvalue weighted by Gasteiger charge is -2.20. The molecule has 2 aromatic heterocycles. The molecule has 0 saturated carbocycles. The third kappa shape index (κ3) is 2.95. The van der Waals surface area contributed by atoms with E-state index in [1.54, 1.807) is 18.3 Å². The highest BCUT2D eigenvalue weighted by Gasteiger charge is 2.37. The lowest BCUT2D eigenvalue weighted by molar-refractivity contribution is -0.133. The summed E-state index contributed by atoms with van der Waals surface area (Å²) in [6, 6.07) is 2.85. The zero-order valence-corrected chi connectivity index (χ0v) is 14.2. The van der Waals surface area contributed by atoms with Gasteiger partial charge in [0.1, 0.15) is 23.2 Å². The van der Waals surface area contributed by atoms with Gasteiger partial charge in [-0.05, 0) is 24.5 Å². The van der Waals surface area contributed by atoms with Gasteiger partial charge in [0.2, 0.25) is 5.91 Å². The molecule has 132 valence electrons. The molecule has 0 aliphatic carbocycles. The fourth-order valence-electron chi connectivity index (χ4n) is 3.48. The Bertz CT molecular complexity index is 862. The van der Waals surface area contributed by atoms with Gasteiger partial charge in [0.25, 0.3) is 0 Å². The molecule has 2 aliphatic rings. The Morgan fingerprint density at radius 2 is 2.20 bits per heavy atom. The Balaban J connectivity index is 1.58. The van der Waals surface area contributed by atoms with Crippen LogP contribution in [0, 0.1) is 0 Å². The maximum Gasteiger partial charge on any atom is 0.346 e. The molecular formula is C16H17ClFN5O2. The first kappa shape index (κ1) is 16.3. The summed E-state index contributed by atoms with van der Waals surface area (Å²) in [5.74, 6) is 0.412. The number of likely N-dealkylation sites (tertiary alicyclic amines) is 1. The quantitative estimate of drug-likeness (QED) is 0.766. The summed E-state index contributed by atoms with van der Waals surface area (Å²) >= 11 is 5.77. The van der Waals surface area contributed by atoms with E-state index in [0.29, 0.717) is 36.8 Å². The van der Waals surface area contributed by atoms with Gasteiger partial charge in [-0.25, -0.2) is 18.9 Å². The van der Waals surface area contributed by atoms with Crippen molar-refractivity contribution in [3.05, 3.63) is 45.4 Å². The van der Waals surface area contributed by atoms with Gasteiger partial charge in [0.05, 0.1) is 13.1 Å². The Kier molecular flexibility index (Phi) is 4.07. The first-order valence-electron chi connectivity index (χ1n) is 8.24. The van der Waals surface area contributed by atoms with E-state index < -0.39 is 12.2 Å². The second-order valence-corrected chi connectivity index (χ2v) is 6.83. The van der Waals surface area contributed by atoms with Crippen LogP contribution in [0.25, 0.3) is 0 Å². The van der Waals surface area contributed by atoms with Crippen LogP contribution in [0.2, 0.25) is 5.15 Å². The molecule has 2 aromatic rings. The van der Waals surface area contributed by atoms with Crippen molar-refractivity contribution in [1.82, 2.24) is 24.2 Å². The molecule has 2 atom stereocenters. The minimum absolute atomic E-state index is 0.115. The Hall–Kier alpha value is -2.22. The van der Waals surface area contributed by atoms with Gasteiger partial charge in [-0.15, -0.1) is 0 Å². The maximum atomic E-state index is 13.4. The van der Waals surface area contributed by atoms with Crippen LogP contribution in [-0.4, -0.2) is 49.4 Å². The van der Waals surface area contributed by atoms with Gasteiger partial charge in [-0.3, -0.25) is 9.36 Å². The third-order valence-corrected chi connectivity index (χ3v) is 4.97. The number of nitrogens with zero attached hydrogens (tertiary/aromatic N) is 5. The van der Waals surface area contributed by atoms with E-state index in [-0.39, 0.29) is 24.7 Å². The van der Waals surface area contributed by atoms with Gasteiger partial charge in [-0.2, -0.15) is 5.10 Å². The van der Waals surface area contributed by atoms with Gasteiger partial charge >= 0.3 is 5.69 Å². The zero-order valence-electron chi connectivity index (χ0n) is 13.4. The second kappa shape index (κ2) is 6.25. The predicted molar refractivity (Wildman–Crippen MR) is 88.3 cm³/mol. The molecule has 0 unspecified atom stereocenters. The number of hydrogen-bond acceptors (Lipinski definition) is 4. The lowest BCUT2D eigenvalue weighted by atomic mass is 10.2. The molecule has 1 amide bonds. The number of fused-ring (bicyclic) bond motifs is 1. The summed E-state index contributed by atoms with van der Waals surface area (Å²) < 4.78 is 16.2. The summed E-state index contributed by atoms with van der Waals surface area (Å²) in [5, 5.41) is 4.72. The molecule has 0 bridgehead atoms. The molecule has 7 nitrogen and oxygen atoms in total. The van der Waals surface area contributed by atoms with Gasteiger partial charge in [0, 0.05) is 19.2 Å². The van der Waals surface area contributed by atoms with E-state index in [1.165, 1.54) is 14.1 Å². The van der Waals surface area contributed by atoms with Crippen LogP contribution < -0.4 is 5.69 Å². The first-order valence-corrected chi connectivity index (χ1v) is 8.62. The number of aromatic nitrogens is 4. The minimum Gasteiger partial charge on any atom is -0.338 e. The molecule has 2 aliphatic heterocycles. The Labute approximate surface area is 148 Å². The molecule has 4 heterocycles. The number of aryl methyl sites for hydroxylation is 1. The molecule has 0 N–H and O–H groups in total. The number of alkyl halides is 1. The van der Waals surface area contributed by atoms with E-state index in [0.717, 1.165) is 5.56 Å². The van der Waals surface area contributed by atoms with Gasteiger partial charge in [-0.1, -0.05) is 17.7 Å².